The number of halogens is 2. The number of ether oxygens (including phenoxy) is 1. The van der Waals surface area contributed by atoms with Gasteiger partial charge in [0, 0.05) is 34.3 Å². The molecule has 4 rings (SSSR count). The van der Waals surface area contributed by atoms with Crippen LogP contribution in [0.2, 0.25) is 0 Å². The van der Waals surface area contributed by atoms with Crippen molar-refractivity contribution in [1.29, 1.82) is 0 Å². The third-order valence-corrected chi connectivity index (χ3v) is 5.03. The first-order valence-corrected chi connectivity index (χ1v) is 9.62. The van der Waals surface area contributed by atoms with E-state index in [2.05, 4.69) is 81.6 Å². The van der Waals surface area contributed by atoms with Crippen molar-refractivity contribution < 1.29 is 26.4 Å². The molecule has 0 N–H and O–H groups in total. The lowest BCUT2D eigenvalue weighted by molar-refractivity contribution is -0.744. The number of morpholine rings is 1. The largest absolute Gasteiger partial charge is 1.00 e. The molecule has 1 aliphatic heterocycles. The maximum absolute atomic E-state index is 5.49. The molecule has 140 valence electrons. The molecular formula is C21H21Br2N3O. The lowest BCUT2D eigenvalue weighted by atomic mass is 10.1. The van der Waals surface area contributed by atoms with Crippen LogP contribution < -0.4 is 26.6 Å². The Morgan fingerprint density at radius 2 is 1.67 bits per heavy atom. The first-order valence-electron chi connectivity index (χ1n) is 8.82. The van der Waals surface area contributed by atoms with Crippen LogP contribution in [0.15, 0.2) is 71.3 Å². The lowest BCUT2D eigenvalue weighted by Gasteiger charge is -2.26. The van der Waals surface area contributed by atoms with E-state index < -0.39 is 0 Å². The topological polar surface area (TPSA) is 29.2 Å². The fraction of sp³-hybridized carbons (Fsp3) is 0.238. The maximum atomic E-state index is 5.49. The molecule has 6 heteroatoms. The third kappa shape index (κ3) is 5.15. The predicted octanol–water partition coefficient (Wildman–Crippen LogP) is 0.687. The van der Waals surface area contributed by atoms with E-state index in [4.69, 9.17) is 9.84 Å². The van der Waals surface area contributed by atoms with Crippen molar-refractivity contribution >= 4 is 21.7 Å². The number of aromatic nitrogens is 2. The standard InChI is InChI=1S/C21H21BrN3O.BrH/c22-20-8-6-17(7-9-20)15-25-16-19(18-4-2-1-3-5-18)14-21(23-25)24-10-12-26-13-11-24;/h1-9,14,16H,10-13,15H2;1H/q+1;/p-1. The summed E-state index contributed by atoms with van der Waals surface area (Å²) in [5.74, 6) is 1.01. The second-order valence-corrected chi connectivity index (χ2v) is 7.29. The monoisotopic (exact) mass is 489 g/mol. The summed E-state index contributed by atoms with van der Waals surface area (Å²) in [4.78, 5) is 2.30. The van der Waals surface area contributed by atoms with Gasteiger partial charge in [0.05, 0.1) is 18.8 Å². The first kappa shape index (κ1) is 20.0. The minimum Gasteiger partial charge on any atom is -1.00 e. The van der Waals surface area contributed by atoms with Gasteiger partial charge < -0.3 is 26.6 Å². The molecule has 1 aromatic heterocycles. The second kappa shape index (κ2) is 9.44. The van der Waals surface area contributed by atoms with Crippen LogP contribution in [0.1, 0.15) is 5.56 Å². The fourth-order valence-corrected chi connectivity index (χ4v) is 3.38. The van der Waals surface area contributed by atoms with E-state index in [1.54, 1.807) is 0 Å². The molecule has 27 heavy (non-hydrogen) atoms. The number of rotatable bonds is 4. The molecule has 1 saturated heterocycles. The van der Waals surface area contributed by atoms with E-state index in [0.29, 0.717) is 0 Å². The molecule has 2 heterocycles. The van der Waals surface area contributed by atoms with Gasteiger partial charge in [-0.05, 0) is 17.7 Å². The Morgan fingerprint density at radius 1 is 0.963 bits per heavy atom. The molecule has 4 nitrogen and oxygen atoms in total. The molecule has 1 aliphatic rings. The van der Waals surface area contributed by atoms with Crippen molar-refractivity contribution in [3.63, 3.8) is 0 Å². The highest BCUT2D eigenvalue weighted by molar-refractivity contribution is 9.10. The van der Waals surface area contributed by atoms with Crippen LogP contribution >= 0.6 is 15.9 Å². The Bertz CT molecular complexity index is 866. The van der Waals surface area contributed by atoms with Gasteiger partial charge in [0.1, 0.15) is 0 Å². The molecule has 0 saturated carbocycles. The summed E-state index contributed by atoms with van der Waals surface area (Å²) >= 11 is 3.50. The summed E-state index contributed by atoms with van der Waals surface area (Å²) < 4.78 is 8.62. The van der Waals surface area contributed by atoms with Crippen LogP contribution in [-0.2, 0) is 11.3 Å². The van der Waals surface area contributed by atoms with Crippen molar-refractivity contribution in [2.45, 2.75) is 6.54 Å². The van der Waals surface area contributed by atoms with Crippen LogP contribution in [0.5, 0.6) is 0 Å². The Labute approximate surface area is 178 Å². The smallest absolute Gasteiger partial charge is 0.204 e. The van der Waals surface area contributed by atoms with E-state index in [-0.39, 0.29) is 17.0 Å². The summed E-state index contributed by atoms with van der Waals surface area (Å²) in [6.45, 7) is 4.01. The van der Waals surface area contributed by atoms with Crippen molar-refractivity contribution in [2.75, 3.05) is 31.2 Å². The zero-order valence-electron chi connectivity index (χ0n) is 14.9. The van der Waals surface area contributed by atoms with Crippen molar-refractivity contribution in [2.24, 2.45) is 0 Å². The van der Waals surface area contributed by atoms with Crippen LogP contribution in [0, 0.1) is 0 Å². The van der Waals surface area contributed by atoms with Crippen LogP contribution in [0.25, 0.3) is 11.1 Å². The molecule has 0 amide bonds. The maximum Gasteiger partial charge on any atom is 0.204 e. The number of benzene rings is 2. The van der Waals surface area contributed by atoms with Crippen LogP contribution in [-0.4, -0.2) is 31.4 Å². The van der Waals surface area contributed by atoms with E-state index in [1.807, 2.05) is 10.7 Å². The van der Waals surface area contributed by atoms with E-state index in [9.17, 15) is 0 Å². The van der Waals surface area contributed by atoms with Gasteiger partial charge in [0.2, 0.25) is 6.20 Å². The average molecular weight is 491 g/mol. The lowest BCUT2D eigenvalue weighted by Crippen LogP contribution is -3.00. The molecule has 0 atom stereocenters. The SMILES string of the molecule is Brc1ccc(C[n+]2cc(-c3ccccc3)cc(N3CCOCC3)n2)cc1.[Br-]. The van der Waals surface area contributed by atoms with Gasteiger partial charge in [-0.25, -0.2) is 0 Å². The van der Waals surface area contributed by atoms with Crippen molar-refractivity contribution in [3.8, 4) is 11.1 Å². The summed E-state index contributed by atoms with van der Waals surface area (Å²) in [6, 6.07) is 21.0. The first-order chi connectivity index (χ1) is 12.8. The number of hydrogen-bond donors (Lipinski definition) is 0. The normalized spacial score (nSPS) is 13.9. The molecule has 1 fully saturated rings. The Hall–Kier alpha value is -1.76. The Balaban J connectivity index is 0.00000210. The zero-order valence-corrected chi connectivity index (χ0v) is 18.1. The average Bonchev–Trinajstić information content (AvgIpc) is 2.71. The molecular weight excluding hydrogens is 470 g/mol. The quantitative estimate of drug-likeness (QED) is 0.504. The molecule has 3 aromatic rings. The molecule has 0 radical (unpaired) electrons. The van der Waals surface area contributed by atoms with Crippen LogP contribution in [0.3, 0.4) is 0 Å². The summed E-state index contributed by atoms with van der Waals surface area (Å²) in [5, 5.41) is 4.88. The number of nitrogens with zero attached hydrogens (tertiary/aromatic N) is 3. The van der Waals surface area contributed by atoms with Gasteiger partial charge in [0.15, 0.2) is 12.4 Å². The number of anilines is 1. The second-order valence-electron chi connectivity index (χ2n) is 6.38. The minimum absolute atomic E-state index is 0. The molecule has 0 bridgehead atoms. The zero-order chi connectivity index (χ0) is 17.8. The highest BCUT2D eigenvalue weighted by Gasteiger charge is 2.19. The Morgan fingerprint density at radius 3 is 2.37 bits per heavy atom. The van der Waals surface area contributed by atoms with E-state index in [0.717, 1.165) is 43.1 Å². The van der Waals surface area contributed by atoms with Crippen LogP contribution in [0.4, 0.5) is 5.82 Å². The minimum atomic E-state index is 0. The van der Waals surface area contributed by atoms with Gasteiger partial charge in [-0.3, -0.25) is 0 Å². The highest BCUT2D eigenvalue weighted by Crippen LogP contribution is 2.22. The summed E-state index contributed by atoms with van der Waals surface area (Å²) in [5.41, 5.74) is 3.61. The van der Waals surface area contributed by atoms with Gasteiger partial charge in [0.25, 0.3) is 0 Å². The van der Waals surface area contributed by atoms with Gasteiger partial charge in [-0.1, -0.05) is 63.1 Å². The summed E-state index contributed by atoms with van der Waals surface area (Å²) in [7, 11) is 0. The molecule has 2 aromatic carbocycles. The fourth-order valence-electron chi connectivity index (χ4n) is 3.12. The van der Waals surface area contributed by atoms with Gasteiger partial charge in [-0.15, -0.1) is 0 Å². The highest BCUT2D eigenvalue weighted by atomic mass is 79.9. The molecule has 0 aliphatic carbocycles. The van der Waals surface area contributed by atoms with Gasteiger partial charge >= 0.3 is 0 Å². The molecule has 0 spiro atoms. The summed E-state index contributed by atoms with van der Waals surface area (Å²) in [6.07, 6.45) is 2.13. The third-order valence-electron chi connectivity index (χ3n) is 4.50. The van der Waals surface area contributed by atoms with Crippen molar-refractivity contribution in [3.05, 3.63) is 76.9 Å². The van der Waals surface area contributed by atoms with E-state index >= 15 is 0 Å². The molecule has 0 unspecified atom stereocenters. The van der Waals surface area contributed by atoms with Gasteiger partial charge in [-0.2, -0.15) is 0 Å². The van der Waals surface area contributed by atoms with E-state index in [1.165, 1.54) is 16.7 Å². The number of hydrogen-bond acceptors (Lipinski definition) is 3. The van der Waals surface area contributed by atoms with Crippen molar-refractivity contribution in [1.82, 2.24) is 5.10 Å². The Kier molecular flexibility index (Phi) is 6.99. The predicted molar refractivity (Wildman–Crippen MR) is 106 cm³/mol.